The molecule has 3 aliphatic rings. The Balaban J connectivity index is 1.15. The minimum Gasteiger partial charge on any atom is -0.348 e. The maximum Gasteiger partial charge on any atom is 0.276 e. The summed E-state index contributed by atoms with van der Waals surface area (Å²) in [6, 6.07) is 9.03. The number of aromatic nitrogens is 3. The van der Waals surface area contributed by atoms with Gasteiger partial charge in [0, 0.05) is 23.6 Å². The summed E-state index contributed by atoms with van der Waals surface area (Å²) in [5.74, 6) is -0.361. The van der Waals surface area contributed by atoms with Crippen molar-refractivity contribution in [2.24, 2.45) is 10.9 Å². The molecule has 3 amide bonds. The van der Waals surface area contributed by atoms with Gasteiger partial charge in [-0.2, -0.15) is 5.10 Å². The number of benzene rings is 1. The molecule has 2 fully saturated rings. The van der Waals surface area contributed by atoms with Crippen molar-refractivity contribution in [1.82, 2.24) is 25.8 Å². The second-order valence-corrected chi connectivity index (χ2v) is 10.2. The Labute approximate surface area is 219 Å². The van der Waals surface area contributed by atoms with Crippen molar-refractivity contribution in [2.45, 2.75) is 50.6 Å². The summed E-state index contributed by atoms with van der Waals surface area (Å²) in [5, 5.41) is 16.7. The number of fused-ring (bicyclic) bond motifs is 1. The first-order valence-corrected chi connectivity index (χ1v) is 13.1. The highest BCUT2D eigenvalue weighted by molar-refractivity contribution is 6.14. The predicted octanol–water partition coefficient (Wildman–Crippen LogP) is 3.25. The predicted molar refractivity (Wildman–Crippen MR) is 144 cm³/mol. The van der Waals surface area contributed by atoms with Crippen molar-refractivity contribution in [3.63, 3.8) is 0 Å². The number of rotatable bonds is 7. The molecule has 10 nitrogen and oxygen atoms in total. The molecular formula is C28H29N7O3. The van der Waals surface area contributed by atoms with Crippen LogP contribution < -0.4 is 16.0 Å². The summed E-state index contributed by atoms with van der Waals surface area (Å²) in [6.07, 6.45) is 11.4. The van der Waals surface area contributed by atoms with E-state index in [1.165, 1.54) is 6.20 Å². The highest BCUT2D eigenvalue weighted by atomic mass is 16.2. The van der Waals surface area contributed by atoms with E-state index in [0.29, 0.717) is 23.3 Å². The van der Waals surface area contributed by atoms with Crippen molar-refractivity contribution in [3.8, 4) is 0 Å². The van der Waals surface area contributed by atoms with Gasteiger partial charge >= 0.3 is 0 Å². The van der Waals surface area contributed by atoms with Gasteiger partial charge in [-0.05, 0) is 61.1 Å². The first-order valence-electron chi connectivity index (χ1n) is 13.1. The Kier molecular flexibility index (Phi) is 6.45. The van der Waals surface area contributed by atoms with Crippen LogP contribution in [0.3, 0.4) is 0 Å². The van der Waals surface area contributed by atoms with Crippen molar-refractivity contribution in [3.05, 3.63) is 59.6 Å². The molecule has 2 aromatic heterocycles. The monoisotopic (exact) mass is 511 g/mol. The lowest BCUT2D eigenvalue weighted by atomic mass is 10.00. The summed E-state index contributed by atoms with van der Waals surface area (Å²) < 4.78 is 0. The van der Waals surface area contributed by atoms with Gasteiger partial charge in [-0.3, -0.25) is 24.5 Å². The van der Waals surface area contributed by atoms with Gasteiger partial charge < -0.3 is 16.0 Å². The van der Waals surface area contributed by atoms with Crippen LogP contribution in [-0.2, 0) is 4.79 Å². The quantitative estimate of drug-likeness (QED) is 0.385. The van der Waals surface area contributed by atoms with Gasteiger partial charge in [-0.1, -0.05) is 25.0 Å². The second kappa shape index (κ2) is 10.2. The number of aliphatic imine (C=N–C) groups is 1. The number of hydrogen-bond acceptors (Lipinski definition) is 6. The van der Waals surface area contributed by atoms with Gasteiger partial charge in [0.1, 0.15) is 5.69 Å². The largest absolute Gasteiger partial charge is 0.348 e. The van der Waals surface area contributed by atoms with E-state index in [2.05, 4.69) is 36.1 Å². The fraction of sp³-hybridized carbons (Fsp3) is 0.357. The van der Waals surface area contributed by atoms with Gasteiger partial charge in [0.2, 0.25) is 5.91 Å². The number of carbonyl (C=O) groups is 3. The number of allylic oxidation sites excluding steroid dienone is 1. The molecule has 4 N–H and O–H groups in total. The SMILES string of the molecule is O=C(NC1CCCC1)c1ccc(NC(=O)c2n[nH]c3ccc(C4=CC(NC(=O)C5CC5)CN=C4)cc23)cn1. The molecule has 38 heavy (non-hydrogen) atoms. The Morgan fingerprint density at radius 2 is 1.79 bits per heavy atom. The van der Waals surface area contributed by atoms with E-state index in [-0.39, 0.29) is 41.4 Å². The zero-order valence-electron chi connectivity index (χ0n) is 20.9. The molecule has 6 rings (SSSR count). The number of H-pyrrole nitrogens is 1. The number of dihydropyridines is 1. The number of amides is 3. The van der Waals surface area contributed by atoms with Crippen LogP contribution >= 0.6 is 0 Å². The van der Waals surface area contributed by atoms with E-state index in [9.17, 15) is 14.4 Å². The van der Waals surface area contributed by atoms with Crippen LogP contribution in [0.4, 0.5) is 5.69 Å². The molecule has 2 aliphatic carbocycles. The Morgan fingerprint density at radius 1 is 0.947 bits per heavy atom. The van der Waals surface area contributed by atoms with Crippen LogP contribution in [0.1, 0.15) is 65.1 Å². The second-order valence-electron chi connectivity index (χ2n) is 10.2. The molecule has 194 valence electrons. The first kappa shape index (κ1) is 24.0. The van der Waals surface area contributed by atoms with Crippen LogP contribution in [0.15, 0.2) is 47.6 Å². The summed E-state index contributed by atoms with van der Waals surface area (Å²) in [4.78, 5) is 46.3. The lowest BCUT2D eigenvalue weighted by Crippen LogP contribution is -2.37. The lowest BCUT2D eigenvalue weighted by Gasteiger charge is -2.18. The van der Waals surface area contributed by atoms with Crippen molar-refractivity contribution < 1.29 is 14.4 Å². The smallest absolute Gasteiger partial charge is 0.276 e. The fourth-order valence-corrected chi connectivity index (χ4v) is 4.97. The molecule has 2 saturated carbocycles. The highest BCUT2D eigenvalue weighted by Crippen LogP contribution is 2.29. The number of pyridine rings is 1. The standard InChI is InChI=1S/C28H29N7O3/c36-26(16-5-6-16)33-21-11-18(13-29-14-21)17-7-9-23-22(12-17)25(35-34-23)28(38)32-20-8-10-24(30-15-20)27(37)31-19-3-1-2-4-19/h7-13,15-16,19,21H,1-6,14H2,(H,31,37)(H,32,38)(H,33,36)(H,34,35). The van der Waals surface area contributed by atoms with Gasteiger partial charge in [0.15, 0.2) is 5.69 Å². The highest BCUT2D eigenvalue weighted by Gasteiger charge is 2.31. The Hall–Kier alpha value is -4.34. The van der Waals surface area contributed by atoms with Crippen LogP contribution in [-0.4, -0.2) is 57.7 Å². The summed E-state index contributed by atoms with van der Waals surface area (Å²) in [7, 11) is 0. The summed E-state index contributed by atoms with van der Waals surface area (Å²) in [5.41, 5.74) is 3.51. The average molecular weight is 512 g/mol. The van der Waals surface area contributed by atoms with Gasteiger partial charge in [-0.25, -0.2) is 4.98 Å². The molecule has 0 radical (unpaired) electrons. The fourth-order valence-electron chi connectivity index (χ4n) is 4.97. The first-order chi connectivity index (χ1) is 18.5. The minimum atomic E-state index is -0.390. The molecule has 1 aromatic carbocycles. The lowest BCUT2D eigenvalue weighted by molar-refractivity contribution is -0.122. The van der Waals surface area contributed by atoms with Crippen molar-refractivity contribution in [2.75, 3.05) is 11.9 Å². The van der Waals surface area contributed by atoms with Crippen LogP contribution in [0.5, 0.6) is 0 Å². The topological polar surface area (TPSA) is 141 Å². The van der Waals surface area contributed by atoms with Gasteiger partial charge in [0.25, 0.3) is 11.8 Å². The number of carbonyl (C=O) groups excluding carboxylic acids is 3. The van der Waals surface area contributed by atoms with E-state index in [1.807, 2.05) is 24.3 Å². The maximum atomic E-state index is 13.1. The maximum absolute atomic E-state index is 13.1. The molecule has 1 aliphatic heterocycles. The number of hydrogen-bond donors (Lipinski definition) is 4. The molecule has 1 atom stereocenters. The van der Waals surface area contributed by atoms with E-state index in [0.717, 1.165) is 55.2 Å². The zero-order valence-corrected chi connectivity index (χ0v) is 20.9. The van der Waals surface area contributed by atoms with E-state index in [4.69, 9.17) is 0 Å². The molecule has 0 bridgehead atoms. The number of anilines is 1. The zero-order chi connectivity index (χ0) is 26.1. The number of nitrogens with one attached hydrogen (secondary N) is 4. The van der Waals surface area contributed by atoms with Gasteiger partial charge in [-0.15, -0.1) is 0 Å². The van der Waals surface area contributed by atoms with Gasteiger partial charge in [0.05, 0.1) is 30.0 Å². The van der Waals surface area contributed by atoms with Crippen molar-refractivity contribution >= 4 is 46.1 Å². The molecular weight excluding hydrogens is 482 g/mol. The summed E-state index contributed by atoms with van der Waals surface area (Å²) >= 11 is 0. The Bertz CT molecular complexity index is 1450. The average Bonchev–Trinajstić information content (AvgIpc) is 3.50. The molecule has 1 unspecified atom stereocenters. The minimum absolute atomic E-state index is 0.0870. The molecule has 3 aromatic rings. The van der Waals surface area contributed by atoms with Crippen LogP contribution in [0, 0.1) is 5.92 Å². The normalized spacial score (nSPS) is 19.3. The molecule has 3 heterocycles. The van der Waals surface area contributed by atoms with E-state index in [1.54, 1.807) is 18.3 Å². The third kappa shape index (κ3) is 5.20. The third-order valence-electron chi connectivity index (χ3n) is 7.24. The molecule has 0 spiro atoms. The molecule has 0 saturated heterocycles. The number of aromatic amines is 1. The third-order valence-corrected chi connectivity index (χ3v) is 7.24. The van der Waals surface area contributed by atoms with E-state index >= 15 is 0 Å². The Morgan fingerprint density at radius 3 is 2.55 bits per heavy atom. The number of nitrogens with zero attached hydrogens (tertiary/aromatic N) is 3. The molecule has 10 heteroatoms. The van der Waals surface area contributed by atoms with Crippen LogP contribution in [0.25, 0.3) is 16.5 Å². The van der Waals surface area contributed by atoms with Crippen LogP contribution in [0.2, 0.25) is 0 Å². The van der Waals surface area contributed by atoms with E-state index < -0.39 is 0 Å². The summed E-state index contributed by atoms with van der Waals surface area (Å²) in [6.45, 7) is 0.513. The van der Waals surface area contributed by atoms with Crippen molar-refractivity contribution in [1.29, 1.82) is 0 Å².